The molecular formula is C73H110ClF5N12O12. The van der Waals surface area contributed by atoms with Gasteiger partial charge in [0.15, 0.2) is 0 Å². The predicted molar refractivity (Wildman–Crippen MR) is 374 cm³/mol. The fourth-order valence-corrected chi connectivity index (χ4v) is 16.1. The average Bonchev–Trinajstić information content (AvgIpc) is 1.77. The number of hydrogen-bond acceptors (Lipinski definition) is 12. The molecule has 12 amide bonds. The standard InChI is InChI=1S/C73H110ClF5N12O12/c1-44(2)39-55-62(94)81-51(25-16-17-27-58(75)76)65(97)84(7)46(5)64(96)91-38-32-54(91)68(100)86(9)56(41-47-23-14-12-15-24-47)67(99)83(6)43-59(92)80-52(31-29-48-28-30-49(50(74)40-48)73(77,78)79)66(98)90-37-22-26-53(90)63(95)82-72(33-18-19-34-72)71(103)88(11)61(45(3)4)70(102)87(10)57(42-60(93)85(55)8)69(101)89-35-20-13-21-36-89/h28,30,40,44-47,51-58,61H,12-27,29,31-39,41-43H2,1-11H3,(H,80,92)(H,81,94)(H,82,95)/t46-,51-,52-,53-,54-,55-,56-,57-,61-/m0/s1. The number of aryl methyl sites for hydroxylation is 1. The van der Waals surface area contributed by atoms with Crippen molar-refractivity contribution in [3.05, 3.63) is 34.3 Å². The molecule has 4 aliphatic heterocycles. The Bertz CT molecular complexity index is 3220. The van der Waals surface area contributed by atoms with Crippen LogP contribution >= 0.6 is 11.6 Å². The van der Waals surface area contributed by atoms with Gasteiger partial charge in [0.1, 0.15) is 59.9 Å². The number of carbonyl (C=O) groups is 12. The summed E-state index contributed by atoms with van der Waals surface area (Å²) in [6, 6.07) is -8.59. The van der Waals surface area contributed by atoms with E-state index in [1.54, 1.807) is 18.7 Å². The number of piperidine rings is 1. The number of rotatable bonds is 14. The molecule has 1 aromatic rings. The number of nitrogens with zero attached hydrogens (tertiary/aromatic N) is 9. The summed E-state index contributed by atoms with van der Waals surface area (Å²) in [5.74, 6) is -9.29. The van der Waals surface area contributed by atoms with Crippen molar-refractivity contribution in [3.8, 4) is 0 Å². The molecule has 9 atom stereocenters. The van der Waals surface area contributed by atoms with Gasteiger partial charge in [0, 0.05) is 74.9 Å². The zero-order valence-corrected chi connectivity index (χ0v) is 62.7. The molecule has 576 valence electrons. The molecule has 1 aromatic carbocycles. The third kappa shape index (κ3) is 20.7. The van der Waals surface area contributed by atoms with Crippen LogP contribution in [0.2, 0.25) is 5.02 Å². The summed E-state index contributed by atoms with van der Waals surface area (Å²) in [5, 5.41) is 7.96. The Morgan fingerprint density at radius 2 is 1.25 bits per heavy atom. The molecule has 2 aliphatic carbocycles. The Morgan fingerprint density at radius 1 is 0.621 bits per heavy atom. The van der Waals surface area contributed by atoms with Crippen LogP contribution in [0.4, 0.5) is 22.0 Å². The summed E-state index contributed by atoms with van der Waals surface area (Å²) in [6.07, 6.45) is -0.658. The van der Waals surface area contributed by atoms with Gasteiger partial charge in [-0.15, -0.1) is 0 Å². The van der Waals surface area contributed by atoms with Crippen molar-refractivity contribution in [1.82, 2.24) is 60.0 Å². The van der Waals surface area contributed by atoms with Crippen LogP contribution in [0.3, 0.4) is 0 Å². The highest BCUT2D eigenvalue weighted by Crippen LogP contribution is 2.38. The van der Waals surface area contributed by atoms with E-state index < -0.39 is 179 Å². The van der Waals surface area contributed by atoms with Gasteiger partial charge in [-0.05, 0) is 132 Å². The van der Waals surface area contributed by atoms with Gasteiger partial charge in [0.05, 0.1) is 23.6 Å². The summed E-state index contributed by atoms with van der Waals surface area (Å²) in [5.41, 5.74) is -2.42. The lowest BCUT2D eigenvalue weighted by Gasteiger charge is -2.45. The van der Waals surface area contributed by atoms with Crippen LogP contribution in [0.5, 0.6) is 0 Å². The number of unbranched alkanes of at least 4 members (excludes halogenated alkanes) is 1. The number of carbonyl (C=O) groups excluding carboxylic acids is 12. The van der Waals surface area contributed by atoms with E-state index in [2.05, 4.69) is 16.0 Å². The third-order valence-corrected chi connectivity index (χ3v) is 22.5. The Hall–Kier alpha value is -7.20. The first-order valence-corrected chi connectivity index (χ1v) is 37.4. The van der Waals surface area contributed by atoms with Gasteiger partial charge in [-0.25, -0.2) is 8.78 Å². The number of likely N-dealkylation sites (tertiary alicyclic amines) is 1. The van der Waals surface area contributed by atoms with E-state index in [0.29, 0.717) is 45.2 Å². The van der Waals surface area contributed by atoms with E-state index in [-0.39, 0.29) is 101 Å². The van der Waals surface area contributed by atoms with Gasteiger partial charge in [-0.2, -0.15) is 13.2 Å². The molecule has 7 rings (SSSR count). The molecule has 0 aromatic heterocycles. The highest BCUT2D eigenvalue weighted by Gasteiger charge is 2.51. The number of halogens is 6. The molecule has 0 bridgehead atoms. The molecule has 24 nitrogen and oxygen atoms in total. The number of fused-ring (bicyclic) bond motifs is 2. The van der Waals surface area contributed by atoms with Crippen LogP contribution in [0.15, 0.2) is 18.2 Å². The molecule has 2 saturated carbocycles. The molecule has 3 N–H and O–H groups in total. The molecule has 4 saturated heterocycles. The lowest BCUT2D eigenvalue weighted by Crippen LogP contribution is -2.65. The Morgan fingerprint density at radius 3 is 1.84 bits per heavy atom. The van der Waals surface area contributed by atoms with Crippen molar-refractivity contribution in [2.75, 3.05) is 75.0 Å². The van der Waals surface area contributed by atoms with E-state index in [4.69, 9.17) is 11.6 Å². The lowest BCUT2D eigenvalue weighted by atomic mass is 9.84. The zero-order valence-electron chi connectivity index (χ0n) is 61.9. The number of benzene rings is 1. The summed E-state index contributed by atoms with van der Waals surface area (Å²) in [4.78, 5) is 191. The fraction of sp³-hybridized carbons (Fsp3) is 0.753. The number of amides is 12. The van der Waals surface area contributed by atoms with Crippen LogP contribution in [0, 0.1) is 17.8 Å². The number of nitrogens with one attached hydrogen (secondary N) is 3. The maximum atomic E-state index is 15.4. The molecule has 0 unspecified atom stereocenters. The first-order chi connectivity index (χ1) is 48.5. The van der Waals surface area contributed by atoms with Crippen molar-refractivity contribution in [1.29, 1.82) is 0 Å². The van der Waals surface area contributed by atoms with Crippen LogP contribution in [0.1, 0.15) is 193 Å². The molecule has 6 fully saturated rings. The second-order valence-corrected chi connectivity index (χ2v) is 30.8. The van der Waals surface area contributed by atoms with Gasteiger partial charge >= 0.3 is 6.18 Å². The third-order valence-electron chi connectivity index (χ3n) is 22.2. The zero-order chi connectivity index (χ0) is 76.1. The minimum atomic E-state index is -4.77. The molecule has 103 heavy (non-hydrogen) atoms. The molecule has 30 heteroatoms. The predicted octanol–water partition coefficient (Wildman–Crippen LogP) is 6.81. The molecule has 6 aliphatic rings. The number of hydrogen-bond donors (Lipinski definition) is 3. The lowest BCUT2D eigenvalue weighted by molar-refractivity contribution is -0.160. The van der Waals surface area contributed by atoms with Crippen LogP contribution < -0.4 is 16.0 Å². The minimum absolute atomic E-state index is 0.0143. The summed E-state index contributed by atoms with van der Waals surface area (Å²) >= 11 is 6.15. The summed E-state index contributed by atoms with van der Waals surface area (Å²) in [6.45, 7) is 8.56. The molecule has 1 spiro atoms. The van der Waals surface area contributed by atoms with Crippen LogP contribution in [0.25, 0.3) is 0 Å². The van der Waals surface area contributed by atoms with E-state index in [1.807, 2.05) is 13.8 Å². The maximum Gasteiger partial charge on any atom is 0.417 e. The largest absolute Gasteiger partial charge is 0.417 e. The molecule has 4 heterocycles. The second kappa shape index (κ2) is 36.7. The van der Waals surface area contributed by atoms with E-state index in [9.17, 15) is 55.5 Å². The van der Waals surface area contributed by atoms with Gasteiger partial charge in [-0.1, -0.05) is 96.7 Å². The van der Waals surface area contributed by atoms with Crippen LogP contribution in [-0.2, 0) is 70.1 Å². The first kappa shape index (κ1) is 83.1. The normalized spacial score (nSPS) is 27.1. The SMILES string of the molecule is CC(C)C[C@H]1C(=O)N[C@@H](CCCCC(F)F)C(=O)N(C)[C@@H](C)C(=O)N2CC[C@H]2C(=O)N(C)[C@@H](CC2CCCCC2)C(=O)N(C)CC(=O)N[C@@H](CCc2ccc(C(F)(F)F)c(Cl)c2)C(=O)N2CCC[C@H]2C(=O)NC2(CCCC2)C(=O)N(C)[C@@H](C(C)C)C(=O)N(C)[C@H](C(=O)N2CCCCC2)CC(=O)N1C. The van der Waals surface area contributed by atoms with Gasteiger partial charge in [-0.3, -0.25) is 57.5 Å². The van der Waals surface area contributed by atoms with Gasteiger partial charge in [0.25, 0.3) is 0 Å². The quantitative estimate of drug-likeness (QED) is 0.128. The Labute approximate surface area is 607 Å². The van der Waals surface area contributed by atoms with Gasteiger partial charge in [0.2, 0.25) is 77.3 Å². The molecule has 0 radical (unpaired) electrons. The average molecular weight is 1480 g/mol. The van der Waals surface area contributed by atoms with E-state index in [1.165, 1.54) is 74.9 Å². The first-order valence-electron chi connectivity index (χ1n) is 37.0. The van der Waals surface area contributed by atoms with Crippen molar-refractivity contribution >= 4 is 82.5 Å². The Balaban J connectivity index is 1.29. The minimum Gasteiger partial charge on any atom is -0.343 e. The van der Waals surface area contributed by atoms with E-state index in [0.717, 1.165) is 70.3 Å². The van der Waals surface area contributed by atoms with E-state index >= 15 is 24.0 Å². The molecular weight excluding hydrogens is 1370 g/mol. The number of likely N-dealkylation sites (N-methyl/N-ethyl adjacent to an activating group) is 6. The van der Waals surface area contributed by atoms with Crippen LogP contribution in [-0.4, -0.2) is 256 Å². The summed E-state index contributed by atoms with van der Waals surface area (Å²) in [7, 11) is 8.30. The maximum absolute atomic E-state index is 15.4. The topological polar surface area (TPSA) is 270 Å². The summed E-state index contributed by atoms with van der Waals surface area (Å²) < 4.78 is 68.8. The van der Waals surface area contributed by atoms with Gasteiger partial charge < -0.3 is 60.0 Å². The fourth-order valence-electron chi connectivity index (χ4n) is 15.8. The van der Waals surface area contributed by atoms with Crippen molar-refractivity contribution in [2.24, 2.45) is 17.8 Å². The van der Waals surface area contributed by atoms with Crippen molar-refractivity contribution in [2.45, 2.75) is 261 Å². The number of alkyl halides is 5. The highest BCUT2D eigenvalue weighted by molar-refractivity contribution is 6.31. The monoisotopic (exact) mass is 1480 g/mol. The van der Waals surface area contributed by atoms with Crippen molar-refractivity contribution < 1.29 is 79.5 Å². The smallest absolute Gasteiger partial charge is 0.343 e. The highest BCUT2D eigenvalue weighted by atomic mass is 35.5. The second-order valence-electron chi connectivity index (χ2n) is 30.3. The Kier molecular flexibility index (Phi) is 29.6. The van der Waals surface area contributed by atoms with Crippen molar-refractivity contribution in [3.63, 3.8) is 0 Å².